The van der Waals surface area contributed by atoms with E-state index in [0.717, 1.165) is 0 Å². The number of amides is 2. The van der Waals surface area contributed by atoms with E-state index in [-0.39, 0.29) is 21.9 Å². The zero-order chi connectivity index (χ0) is 23.3. The number of furan rings is 1. The van der Waals surface area contributed by atoms with Crippen molar-refractivity contribution in [3.05, 3.63) is 109 Å². The zero-order valence-corrected chi connectivity index (χ0v) is 18.0. The van der Waals surface area contributed by atoms with Gasteiger partial charge in [-0.3, -0.25) is 14.3 Å². The fourth-order valence-electron chi connectivity index (χ4n) is 3.02. The number of carbonyl (C=O) groups excluding carboxylic acids is 2. The van der Waals surface area contributed by atoms with Crippen molar-refractivity contribution in [2.24, 2.45) is 0 Å². The SMILES string of the molecule is O=C(Nc1cccc(NC(=O)c2ccco2)c1)c1cccc(NS(=O)(=O)c2ccccc2)c1. The van der Waals surface area contributed by atoms with E-state index in [1.54, 1.807) is 72.8 Å². The molecule has 8 nitrogen and oxygen atoms in total. The van der Waals surface area contributed by atoms with Gasteiger partial charge in [-0.2, -0.15) is 0 Å². The topological polar surface area (TPSA) is 118 Å². The molecule has 0 saturated carbocycles. The summed E-state index contributed by atoms with van der Waals surface area (Å²) in [4.78, 5) is 25.0. The lowest BCUT2D eigenvalue weighted by Crippen LogP contribution is -2.15. The minimum Gasteiger partial charge on any atom is -0.459 e. The van der Waals surface area contributed by atoms with Crippen LogP contribution in [0.1, 0.15) is 20.9 Å². The summed E-state index contributed by atoms with van der Waals surface area (Å²) in [5, 5.41) is 5.42. The van der Waals surface area contributed by atoms with Gasteiger partial charge >= 0.3 is 0 Å². The number of carbonyl (C=O) groups is 2. The van der Waals surface area contributed by atoms with Crippen LogP contribution in [-0.4, -0.2) is 20.2 Å². The number of hydrogen-bond donors (Lipinski definition) is 3. The molecule has 33 heavy (non-hydrogen) atoms. The van der Waals surface area contributed by atoms with Crippen LogP contribution in [0.4, 0.5) is 17.1 Å². The van der Waals surface area contributed by atoms with Gasteiger partial charge in [-0.05, 0) is 60.7 Å². The van der Waals surface area contributed by atoms with Crippen LogP contribution in [0, 0.1) is 0 Å². The molecule has 3 N–H and O–H groups in total. The molecule has 0 aliphatic rings. The third-order valence-electron chi connectivity index (χ3n) is 4.55. The molecule has 9 heteroatoms. The van der Waals surface area contributed by atoms with Crippen LogP contribution >= 0.6 is 0 Å². The molecule has 3 aromatic carbocycles. The molecule has 1 heterocycles. The Morgan fingerprint density at radius 1 is 0.667 bits per heavy atom. The monoisotopic (exact) mass is 461 g/mol. The van der Waals surface area contributed by atoms with Gasteiger partial charge < -0.3 is 15.1 Å². The summed E-state index contributed by atoms with van der Waals surface area (Å²) < 4.78 is 32.6. The fraction of sp³-hybridized carbons (Fsp3) is 0. The van der Waals surface area contributed by atoms with Crippen molar-refractivity contribution in [3.63, 3.8) is 0 Å². The minimum absolute atomic E-state index is 0.119. The number of rotatable bonds is 7. The summed E-state index contributed by atoms with van der Waals surface area (Å²) in [5.74, 6) is -0.689. The molecule has 4 rings (SSSR count). The summed E-state index contributed by atoms with van der Waals surface area (Å²) in [6.07, 6.45) is 1.40. The minimum atomic E-state index is -3.78. The maximum Gasteiger partial charge on any atom is 0.291 e. The first-order valence-electron chi connectivity index (χ1n) is 9.85. The summed E-state index contributed by atoms with van der Waals surface area (Å²) >= 11 is 0. The van der Waals surface area contributed by atoms with Crippen LogP contribution in [0.25, 0.3) is 0 Å². The molecule has 0 fully saturated rings. The first-order valence-corrected chi connectivity index (χ1v) is 11.3. The molecule has 0 spiro atoms. The van der Waals surface area contributed by atoms with Gasteiger partial charge in [-0.15, -0.1) is 0 Å². The van der Waals surface area contributed by atoms with Crippen LogP contribution in [0.5, 0.6) is 0 Å². The summed E-state index contributed by atoms with van der Waals surface area (Å²) in [6.45, 7) is 0. The van der Waals surface area contributed by atoms with E-state index < -0.39 is 21.8 Å². The Morgan fingerprint density at radius 3 is 2.03 bits per heavy atom. The summed E-state index contributed by atoms with van der Waals surface area (Å²) in [7, 11) is -3.78. The van der Waals surface area contributed by atoms with Crippen molar-refractivity contribution in [2.45, 2.75) is 4.90 Å². The van der Waals surface area contributed by atoms with Crippen LogP contribution in [0.15, 0.2) is 107 Å². The molecule has 4 aromatic rings. The first-order chi connectivity index (χ1) is 15.9. The second kappa shape index (κ2) is 9.41. The Balaban J connectivity index is 1.45. The van der Waals surface area contributed by atoms with E-state index >= 15 is 0 Å². The molecule has 0 aliphatic carbocycles. The van der Waals surface area contributed by atoms with Crippen LogP contribution < -0.4 is 15.4 Å². The maximum absolute atomic E-state index is 12.7. The Kier molecular flexibility index (Phi) is 6.23. The highest BCUT2D eigenvalue weighted by molar-refractivity contribution is 7.92. The van der Waals surface area contributed by atoms with Gasteiger partial charge in [-0.1, -0.05) is 30.3 Å². The molecule has 0 atom stereocenters. The van der Waals surface area contributed by atoms with E-state index in [1.165, 1.54) is 24.5 Å². The Hall–Kier alpha value is -4.37. The van der Waals surface area contributed by atoms with Crippen molar-refractivity contribution in [3.8, 4) is 0 Å². The predicted octanol–water partition coefficient (Wildman–Crippen LogP) is 4.59. The summed E-state index contributed by atoms with van der Waals surface area (Å²) in [6, 6.07) is 23.9. The van der Waals surface area contributed by atoms with Gasteiger partial charge in [0.15, 0.2) is 5.76 Å². The smallest absolute Gasteiger partial charge is 0.291 e. The molecule has 0 saturated heterocycles. The van der Waals surface area contributed by atoms with E-state index in [9.17, 15) is 18.0 Å². The Bertz CT molecular complexity index is 1380. The highest BCUT2D eigenvalue weighted by atomic mass is 32.2. The van der Waals surface area contributed by atoms with Crippen LogP contribution in [0.2, 0.25) is 0 Å². The Morgan fingerprint density at radius 2 is 1.33 bits per heavy atom. The quantitative estimate of drug-likeness (QED) is 0.372. The van der Waals surface area contributed by atoms with Gasteiger partial charge in [0.25, 0.3) is 21.8 Å². The number of sulfonamides is 1. The molecule has 0 bridgehead atoms. The van der Waals surface area contributed by atoms with Gasteiger partial charge in [0, 0.05) is 22.6 Å². The maximum atomic E-state index is 12.7. The largest absolute Gasteiger partial charge is 0.459 e. The highest BCUT2D eigenvalue weighted by Crippen LogP contribution is 2.20. The van der Waals surface area contributed by atoms with Gasteiger partial charge in [0.05, 0.1) is 11.2 Å². The van der Waals surface area contributed by atoms with Gasteiger partial charge in [0.1, 0.15) is 0 Å². The third kappa shape index (κ3) is 5.46. The van der Waals surface area contributed by atoms with Crippen LogP contribution in [-0.2, 0) is 10.0 Å². The summed E-state index contributed by atoms with van der Waals surface area (Å²) in [5.41, 5.74) is 1.44. The highest BCUT2D eigenvalue weighted by Gasteiger charge is 2.15. The van der Waals surface area contributed by atoms with Crippen molar-refractivity contribution in [1.29, 1.82) is 0 Å². The number of benzene rings is 3. The second-order valence-corrected chi connectivity index (χ2v) is 8.65. The second-order valence-electron chi connectivity index (χ2n) is 6.97. The number of anilines is 3. The van der Waals surface area contributed by atoms with Crippen molar-refractivity contribution >= 4 is 38.9 Å². The molecule has 0 radical (unpaired) electrons. The van der Waals surface area contributed by atoms with Crippen molar-refractivity contribution in [2.75, 3.05) is 15.4 Å². The lowest BCUT2D eigenvalue weighted by molar-refractivity contribution is 0.0995. The molecule has 0 unspecified atom stereocenters. The standard InChI is InChI=1S/C24H19N3O5S/c28-23(25-18-8-5-9-19(16-18)26-24(29)22-13-6-14-32-22)17-7-4-10-20(15-17)27-33(30,31)21-11-2-1-3-12-21/h1-16,27H,(H,25,28)(H,26,29). The zero-order valence-electron chi connectivity index (χ0n) is 17.2. The molecule has 0 aliphatic heterocycles. The number of nitrogens with one attached hydrogen (secondary N) is 3. The molecular weight excluding hydrogens is 442 g/mol. The Labute approximate surface area is 190 Å². The van der Waals surface area contributed by atoms with E-state index in [1.807, 2.05) is 0 Å². The first kappa shape index (κ1) is 21.8. The average molecular weight is 461 g/mol. The fourth-order valence-corrected chi connectivity index (χ4v) is 4.09. The van der Waals surface area contributed by atoms with Gasteiger partial charge in [0.2, 0.25) is 0 Å². The number of hydrogen-bond acceptors (Lipinski definition) is 5. The van der Waals surface area contributed by atoms with E-state index in [0.29, 0.717) is 11.4 Å². The predicted molar refractivity (Wildman–Crippen MR) is 125 cm³/mol. The van der Waals surface area contributed by atoms with Crippen LogP contribution in [0.3, 0.4) is 0 Å². The van der Waals surface area contributed by atoms with Crippen molar-refractivity contribution < 1.29 is 22.4 Å². The van der Waals surface area contributed by atoms with Gasteiger partial charge in [-0.25, -0.2) is 8.42 Å². The normalized spacial score (nSPS) is 10.9. The molecule has 1 aromatic heterocycles. The van der Waals surface area contributed by atoms with E-state index in [2.05, 4.69) is 15.4 Å². The van der Waals surface area contributed by atoms with Crippen molar-refractivity contribution in [1.82, 2.24) is 0 Å². The molecule has 2 amide bonds. The molecular formula is C24H19N3O5S. The van der Waals surface area contributed by atoms with E-state index in [4.69, 9.17) is 4.42 Å². The molecule has 166 valence electrons. The third-order valence-corrected chi connectivity index (χ3v) is 5.95. The lowest BCUT2D eigenvalue weighted by Gasteiger charge is -2.11. The lowest BCUT2D eigenvalue weighted by atomic mass is 10.2. The average Bonchev–Trinajstić information content (AvgIpc) is 3.35.